The van der Waals surface area contributed by atoms with Gasteiger partial charge in [-0.2, -0.15) is 0 Å². The molecular formula is C14H21N3O4. The van der Waals surface area contributed by atoms with E-state index in [0.717, 1.165) is 0 Å². The number of anilines is 1. The van der Waals surface area contributed by atoms with Crippen LogP contribution in [0.2, 0.25) is 0 Å². The van der Waals surface area contributed by atoms with Crippen molar-refractivity contribution in [3.05, 3.63) is 11.8 Å². The lowest BCUT2D eigenvalue weighted by atomic mass is 9.93. The van der Waals surface area contributed by atoms with E-state index in [2.05, 4.69) is 5.16 Å². The second-order valence-corrected chi connectivity index (χ2v) is 6.41. The van der Waals surface area contributed by atoms with E-state index >= 15 is 0 Å². The third kappa shape index (κ3) is 3.17. The Morgan fingerprint density at radius 2 is 2.19 bits per heavy atom. The summed E-state index contributed by atoms with van der Waals surface area (Å²) in [6.45, 7) is 6.49. The molecule has 1 aliphatic heterocycles. The van der Waals surface area contributed by atoms with Gasteiger partial charge < -0.3 is 14.5 Å². The van der Waals surface area contributed by atoms with E-state index in [0.29, 0.717) is 24.5 Å². The van der Waals surface area contributed by atoms with Crippen molar-refractivity contribution in [1.82, 2.24) is 10.1 Å². The summed E-state index contributed by atoms with van der Waals surface area (Å²) in [6, 6.07) is 1.07. The van der Waals surface area contributed by atoms with Gasteiger partial charge in [-0.3, -0.25) is 9.69 Å². The summed E-state index contributed by atoms with van der Waals surface area (Å²) in [4.78, 5) is 26.3. The summed E-state index contributed by atoms with van der Waals surface area (Å²) >= 11 is 0. The minimum absolute atomic E-state index is 0.0999. The molecule has 0 aliphatic carbocycles. The summed E-state index contributed by atoms with van der Waals surface area (Å²) in [7, 11) is 1.69. The van der Waals surface area contributed by atoms with Crippen LogP contribution in [0.25, 0.3) is 0 Å². The Balaban J connectivity index is 2.33. The largest absolute Gasteiger partial charge is 0.481 e. The molecule has 2 rings (SSSR count). The first-order valence-electron chi connectivity index (χ1n) is 6.93. The zero-order valence-corrected chi connectivity index (χ0v) is 12.8. The number of carboxylic acid groups (broad SMARTS) is 1. The topological polar surface area (TPSA) is 86.9 Å². The van der Waals surface area contributed by atoms with Crippen LogP contribution in [0.4, 0.5) is 10.6 Å². The van der Waals surface area contributed by atoms with Crippen molar-refractivity contribution in [3.63, 3.8) is 0 Å². The molecule has 7 nitrogen and oxygen atoms in total. The predicted molar refractivity (Wildman–Crippen MR) is 76.4 cm³/mol. The van der Waals surface area contributed by atoms with Gasteiger partial charge in [0.05, 0.1) is 12.5 Å². The normalized spacial score (nSPS) is 20.0. The minimum atomic E-state index is -0.929. The van der Waals surface area contributed by atoms with E-state index in [4.69, 9.17) is 9.63 Å². The molecule has 0 saturated carbocycles. The smallest absolute Gasteiger partial charge is 0.325 e. The third-order valence-corrected chi connectivity index (χ3v) is 3.59. The van der Waals surface area contributed by atoms with Gasteiger partial charge in [0.25, 0.3) is 0 Å². The number of hydrogen-bond acceptors (Lipinski definition) is 4. The van der Waals surface area contributed by atoms with Crippen LogP contribution in [-0.2, 0) is 10.2 Å². The second-order valence-electron chi connectivity index (χ2n) is 6.41. The highest BCUT2D eigenvalue weighted by molar-refractivity contribution is 5.93. The molecule has 1 aromatic rings. The molecule has 21 heavy (non-hydrogen) atoms. The van der Waals surface area contributed by atoms with Gasteiger partial charge in [0, 0.05) is 25.1 Å². The first-order valence-corrected chi connectivity index (χ1v) is 6.93. The molecule has 1 fully saturated rings. The Labute approximate surface area is 123 Å². The number of carboxylic acids is 1. The molecule has 7 heteroatoms. The summed E-state index contributed by atoms with van der Waals surface area (Å²) in [5.41, 5.74) is -0.224. The number of rotatable bonds is 3. The number of nitrogens with zero attached hydrogens (tertiary/aromatic N) is 3. The van der Waals surface area contributed by atoms with Crippen molar-refractivity contribution in [3.8, 4) is 0 Å². The van der Waals surface area contributed by atoms with Crippen molar-refractivity contribution in [2.45, 2.75) is 45.1 Å². The molecular weight excluding hydrogens is 274 g/mol. The van der Waals surface area contributed by atoms with Crippen LogP contribution in [0, 0.1) is 0 Å². The third-order valence-electron chi connectivity index (χ3n) is 3.59. The van der Waals surface area contributed by atoms with Crippen LogP contribution >= 0.6 is 0 Å². The molecule has 0 spiro atoms. The van der Waals surface area contributed by atoms with Crippen LogP contribution in [0.5, 0.6) is 0 Å². The van der Waals surface area contributed by atoms with Crippen LogP contribution in [0.1, 0.15) is 39.4 Å². The molecule has 0 radical (unpaired) electrons. The first-order chi connectivity index (χ1) is 9.70. The van der Waals surface area contributed by atoms with E-state index in [9.17, 15) is 9.59 Å². The monoisotopic (exact) mass is 295 g/mol. The van der Waals surface area contributed by atoms with Gasteiger partial charge >= 0.3 is 12.0 Å². The van der Waals surface area contributed by atoms with Gasteiger partial charge in [0.15, 0.2) is 5.82 Å². The van der Waals surface area contributed by atoms with Crippen molar-refractivity contribution < 1.29 is 19.2 Å². The van der Waals surface area contributed by atoms with Crippen LogP contribution in [-0.4, -0.2) is 46.8 Å². The molecule has 0 aromatic carbocycles. The van der Waals surface area contributed by atoms with Gasteiger partial charge in [-0.15, -0.1) is 0 Å². The lowest BCUT2D eigenvalue weighted by Crippen LogP contribution is -2.54. The maximum absolute atomic E-state index is 12.4. The predicted octanol–water partition coefficient (Wildman–Crippen LogP) is 2.08. The van der Waals surface area contributed by atoms with Gasteiger partial charge in [0.2, 0.25) is 0 Å². The summed E-state index contributed by atoms with van der Waals surface area (Å²) < 4.78 is 5.31. The fourth-order valence-electron chi connectivity index (χ4n) is 2.32. The molecule has 2 amide bonds. The van der Waals surface area contributed by atoms with E-state index in [1.807, 2.05) is 20.8 Å². The van der Waals surface area contributed by atoms with E-state index in [1.165, 1.54) is 4.90 Å². The molecule has 116 valence electrons. The molecule has 0 bridgehead atoms. The number of carbonyl (C=O) groups is 2. The van der Waals surface area contributed by atoms with Crippen LogP contribution in [0.15, 0.2) is 10.6 Å². The van der Waals surface area contributed by atoms with Crippen molar-refractivity contribution in [2.24, 2.45) is 0 Å². The van der Waals surface area contributed by atoms with Gasteiger partial charge in [-0.1, -0.05) is 25.9 Å². The first kappa shape index (κ1) is 15.3. The highest BCUT2D eigenvalue weighted by Crippen LogP contribution is 2.30. The Kier molecular flexibility index (Phi) is 3.93. The van der Waals surface area contributed by atoms with E-state index in [-0.39, 0.29) is 17.9 Å². The number of carbonyl (C=O) groups excluding carboxylic acids is 1. The second kappa shape index (κ2) is 5.38. The number of aromatic nitrogens is 1. The minimum Gasteiger partial charge on any atom is -0.481 e. The SMILES string of the molecule is CN1CCC(CC(=O)O)N(c2cc(C(C)(C)C)on2)C1=O. The Bertz CT molecular complexity index is 547. The maximum atomic E-state index is 12.4. The highest BCUT2D eigenvalue weighted by atomic mass is 16.5. The average molecular weight is 295 g/mol. The number of aliphatic carboxylic acids is 1. The van der Waals surface area contributed by atoms with Gasteiger partial charge in [-0.05, 0) is 6.42 Å². The lowest BCUT2D eigenvalue weighted by molar-refractivity contribution is -0.137. The zero-order valence-electron chi connectivity index (χ0n) is 12.8. The lowest BCUT2D eigenvalue weighted by Gasteiger charge is -2.37. The molecule has 2 heterocycles. The van der Waals surface area contributed by atoms with Crippen molar-refractivity contribution >= 4 is 17.8 Å². The highest BCUT2D eigenvalue weighted by Gasteiger charge is 2.36. The molecule has 1 saturated heterocycles. The van der Waals surface area contributed by atoms with Crippen molar-refractivity contribution in [1.29, 1.82) is 0 Å². The molecule has 1 N–H and O–H groups in total. The molecule has 1 atom stereocenters. The fraction of sp³-hybridized carbons (Fsp3) is 0.643. The number of hydrogen-bond donors (Lipinski definition) is 1. The number of urea groups is 1. The maximum Gasteiger partial charge on any atom is 0.325 e. The molecule has 1 aromatic heterocycles. The van der Waals surface area contributed by atoms with Crippen molar-refractivity contribution in [2.75, 3.05) is 18.5 Å². The number of amides is 2. The fourth-order valence-corrected chi connectivity index (χ4v) is 2.32. The standard InChI is InChI=1S/C14H21N3O4/c1-14(2,3)10-8-11(15-21-10)17-9(7-12(18)19)5-6-16(4)13(17)20/h8-9H,5-7H2,1-4H3,(H,18,19). The Morgan fingerprint density at radius 1 is 1.52 bits per heavy atom. The quantitative estimate of drug-likeness (QED) is 0.922. The summed E-state index contributed by atoms with van der Waals surface area (Å²) in [5, 5.41) is 13.0. The molecule has 1 aliphatic rings. The zero-order chi connectivity index (χ0) is 15.8. The van der Waals surface area contributed by atoms with Gasteiger partial charge in [0.1, 0.15) is 5.76 Å². The Hall–Kier alpha value is -2.05. The average Bonchev–Trinajstić information content (AvgIpc) is 2.82. The van der Waals surface area contributed by atoms with Crippen LogP contribution < -0.4 is 4.90 Å². The van der Waals surface area contributed by atoms with E-state index < -0.39 is 12.0 Å². The summed E-state index contributed by atoms with van der Waals surface area (Å²) in [5.74, 6) is 0.109. The molecule has 1 unspecified atom stereocenters. The summed E-state index contributed by atoms with van der Waals surface area (Å²) in [6.07, 6.45) is 0.490. The van der Waals surface area contributed by atoms with Crippen LogP contribution in [0.3, 0.4) is 0 Å². The Morgan fingerprint density at radius 3 is 2.71 bits per heavy atom. The van der Waals surface area contributed by atoms with E-state index in [1.54, 1.807) is 18.0 Å². The van der Waals surface area contributed by atoms with Gasteiger partial charge in [-0.25, -0.2) is 4.79 Å².